The number of nitrogens with zero attached hydrogens (tertiary/aromatic N) is 1. The number of carbonyl (C=O) groups excluding carboxylic acids is 2. The third-order valence-corrected chi connectivity index (χ3v) is 3.46. The zero-order valence-corrected chi connectivity index (χ0v) is 11.3. The first-order valence-electron chi connectivity index (χ1n) is 6.28. The van der Waals surface area contributed by atoms with Gasteiger partial charge in [-0.25, -0.2) is 4.79 Å². The van der Waals surface area contributed by atoms with E-state index in [4.69, 9.17) is 5.11 Å². The van der Waals surface area contributed by atoms with Gasteiger partial charge >= 0.3 is 5.97 Å². The minimum Gasteiger partial charge on any atom is -0.478 e. The number of benzene rings is 1. The van der Waals surface area contributed by atoms with Gasteiger partial charge in [0.2, 0.25) is 11.8 Å². The van der Waals surface area contributed by atoms with E-state index in [0.717, 1.165) is 0 Å². The molecule has 2 amide bonds. The lowest BCUT2D eigenvalue weighted by Gasteiger charge is -2.14. The summed E-state index contributed by atoms with van der Waals surface area (Å²) in [7, 11) is 1.64. The lowest BCUT2D eigenvalue weighted by Crippen LogP contribution is -2.26. The molecule has 1 aliphatic rings. The summed E-state index contributed by atoms with van der Waals surface area (Å²) in [5.41, 5.74) is 1.03. The topological polar surface area (TPSA) is 86.7 Å². The molecule has 2 N–H and O–H groups in total. The van der Waals surface area contributed by atoms with Gasteiger partial charge in [0.15, 0.2) is 0 Å². The Hall–Kier alpha value is -2.37. The molecular weight excluding hydrogens is 260 g/mol. The van der Waals surface area contributed by atoms with Crippen LogP contribution >= 0.6 is 0 Å². The highest BCUT2D eigenvalue weighted by atomic mass is 16.4. The number of nitrogens with one attached hydrogen (secondary N) is 1. The number of carbonyl (C=O) groups is 3. The Kier molecular flexibility index (Phi) is 3.74. The molecular formula is C14H16N2O4. The van der Waals surface area contributed by atoms with Gasteiger partial charge < -0.3 is 15.3 Å². The number of aryl methyl sites for hydroxylation is 1. The highest BCUT2D eigenvalue weighted by Crippen LogP contribution is 2.23. The SMILES string of the molecule is Cc1cccc(C(=O)O)c1NC(=O)C1CC(=O)N(C)C1. The van der Waals surface area contributed by atoms with Crippen molar-refractivity contribution in [2.45, 2.75) is 13.3 Å². The maximum Gasteiger partial charge on any atom is 0.337 e. The van der Waals surface area contributed by atoms with E-state index >= 15 is 0 Å². The van der Waals surface area contributed by atoms with E-state index in [2.05, 4.69) is 5.32 Å². The molecule has 0 radical (unpaired) electrons. The molecule has 0 aromatic heterocycles. The predicted molar refractivity (Wildman–Crippen MR) is 72.5 cm³/mol. The molecule has 2 rings (SSSR count). The van der Waals surface area contributed by atoms with Crippen LogP contribution in [0.25, 0.3) is 0 Å². The quantitative estimate of drug-likeness (QED) is 0.865. The van der Waals surface area contributed by atoms with Crippen LogP contribution in [0.2, 0.25) is 0 Å². The van der Waals surface area contributed by atoms with Crippen molar-refractivity contribution < 1.29 is 19.5 Å². The summed E-state index contributed by atoms with van der Waals surface area (Å²) in [6.45, 7) is 2.09. The van der Waals surface area contributed by atoms with Crippen molar-refractivity contribution in [3.63, 3.8) is 0 Å². The molecule has 0 spiro atoms. The smallest absolute Gasteiger partial charge is 0.337 e. The predicted octanol–water partition coefficient (Wildman–Crippen LogP) is 1.11. The number of carboxylic acids is 1. The second-order valence-electron chi connectivity index (χ2n) is 4.97. The molecule has 1 aliphatic heterocycles. The van der Waals surface area contributed by atoms with Crippen LogP contribution in [0, 0.1) is 12.8 Å². The third-order valence-electron chi connectivity index (χ3n) is 3.46. The van der Waals surface area contributed by atoms with E-state index in [1.54, 1.807) is 26.1 Å². The number of amides is 2. The fraction of sp³-hybridized carbons (Fsp3) is 0.357. The fourth-order valence-electron chi connectivity index (χ4n) is 2.28. The van der Waals surface area contributed by atoms with E-state index in [1.165, 1.54) is 11.0 Å². The third kappa shape index (κ3) is 2.64. The highest BCUT2D eigenvalue weighted by molar-refractivity contribution is 6.03. The molecule has 0 bridgehead atoms. The van der Waals surface area contributed by atoms with Gasteiger partial charge in [0.1, 0.15) is 0 Å². The van der Waals surface area contributed by atoms with E-state index in [0.29, 0.717) is 17.8 Å². The van der Waals surface area contributed by atoms with Crippen molar-refractivity contribution in [1.29, 1.82) is 0 Å². The van der Waals surface area contributed by atoms with Crippen molar-refractivity contribution >= 4 is 23.5 Å². The normalized spacial score (nSPS) is 18.2. The highest BCUT2D eigenvalue weighted by Gasteiger charge is 2.32. The molecule has 1 saturated heterocycles. The Morgan fingerprint density at radius 1 is 1.40 bits per heavy atom. The largest absolute Gasteiger partial charge is 0.478 e. The monoisotopic (exact) mass is 276 g/mol. The Balaban J connectivity index is 2.20. The summed E-state index contributed by atoms with van der Waals surface area (Å²) in [5, 5.41) is 11.8. The number of carboxylic acid groups (broad SMARTS) is 1. The van der Waals surface area contributed by atoms with Crippen molar-refractivity contribution in [3.8, 4) is 0 Å². The first kappa shape index (κ1) is 14.0. The van der Waals surface area contributed by atoms with Crippen molar-refractivity contribution in [1.82, 2.24) is 4.90 Å². The van der Waals surface area contributed by atoms with Gasteiger partial charge in [0.25, 0.3) is 0 Å². The zero-order chi connectivity index (χ0) is 14.9. The maximum absolute atomic E-state index is 12.1. The Bertz CT molecular complexity index is 583. The first-order valence-corrected chi connectivity index (χ1v) is 6.28. The molecule has 1 atom stereocenters. The second kappa shape index (κ2) is 5.32. The van der Waals surface area contributed by atoms with Crippen LogP contribution in [0.4, 0.5) is 5.69 Å². The number of likely N-dealkylation sites (tertiary alicyclic amines) is 1. The van der Waals surface area contributed by atoms with Gasteiger partial charge in [-0.3, -0.25) is 9.59 Å². The van der Waals surface area contributed by atoms with Gasteiger partial charge in [-0.2, -0.15) is 0 Å². The van der Waals surface area contributed by atoms with Crippen LogP contribution in [-0.4, -0.2) is 41.4 Å². The van der Waals surface area contributed by atoms with Gasteiger partial charge in [-0.15, -0.1) is 0 Å². The van der Waals surface area contributed by atoms with Crippen LogP contribution in [0.3, 0.4) is 0 Å². The number of hydrogen-bond acceptors (Lipinski definition) is 3. The van der Waals surface area contributed by atoms with Crippen molar-refractivity contribution in [2.24, 2.45) is 5.92 Å². The average Bonchev–Trinajstić information content (AvgIpc) is 2.72. The van der Waals surface area contributed by atoms with E-state index < -0.39 is 11.9 Å². The number of rotatable bonds is 3. The lowest BCUT2D eigenvalue weighted by molar-refractivity contribution is -0.127. The number of aromatic carboxylic acids is 1. The van der Waals surface area contributed by atoms with Crippen LogP contribution in [-0.2, 0) is 9.59 Å². The van der Waals surface area contributed by atoms with Gasteiger partial charge in [-0.05, 0) is 18.6 Å². The summed E-state index contributed by atoms with van der Waals surface area (Å²) >= 11 is 0. The molecule has 1 aromatic carbocycles. The van der Waals surface area contributed by atoms with Gasteiger partial charge in [0.05, 0.1) is 17.2 Å². The summed E-state index contributed by atoms with van der Waals surface area (Å²) in [4.78, 5) is 36.3. The summed E-state index contributed by atoms with van der Waals surface area (Å²) in [5.74, 6) is -1.93. The maximum atomic E-state index is 12.1. The van der Waals surface area contributed by atoms with Crippen molar-refractivity contribution in [2.75, 3.05) is 18.9 Å². The number of para-hydroxylation sites is 1. The van der Waals surface area contributed by atoms with Crippen LogP contribution in [0.15, 0.2) is 18.2 Å². The Labute approximate surface area is 116 Å². The van der Waals surface area contributed by atoms with Gasteiger partial charge in [-0.1, -0.05) is 12.1 Å². The molecule has 1 heterocycles. The second-order valence-corrected chi connectivity index (χ2v) is 4.97. The minimum atomic E-state index is -1.09. The summed E-state index contributed by atoms with van der Waals surface area (Å²) in [6, 6.07) is 4.80. The van der Waals surface area contributed by atoms with Crippen LogP contribution in [0.5, 0.6) is 0 Å². The van der Waals surface area contributed by atoms with E-state index in [-0.39, 0.29) is 23.8 Å². The summed E-state index contributed by atoms with van der Waals surface area (Å²) in [6.07, 6.45) is 0.163. The molecule has 0 aliphatic carbocycles. The number of hydrogen-bond donors (Lipinski definition) is 2. The fourth-order valence-corrected chi connectivity index (χ4v) is 2.28. The first-order chi connectivity index (χ1) is 9.40. The molecule has 1 unspecified atom stereocenters. The molecule has 20 heavy (non-hydrogen) atoms. The molecule has 1 fully saturated rings. The Morgan fingerprint density at radius 2 is 2.10 bits per heavy atom. The number of anilines is 1. The molecule has 6 heteroatoms. The van der Waals surface area contributed by atoms with Crippen molar-refractivity contribution in [3.05, 3.63) is 29.3 Å². The molecule has 0 saturated carbocycles. The van der Waals surface area contributed by atoms with Crippen LogP contribution in [0.1, 0.15) is 22.3 Å². The average molecular weight is 276 g/mol. The standard InChI is InChI=1S/C14H16N2O4/c1-8-4-3-5-10(14(19)20)12(8)15-13(18)9-6-11(17)16(2)7-9/h3-5,9H,6-7H2,1-2H3,(H,15,18)(H,19,20). The molecule has 1 aromatic rings. The van der Waals surface area contributed by atoms with E-state index in [9.17, 15) is 14.4 Å². The Morgan fingerprint density at radius 3 is 2.65 bits per heavy atom. The lowest BCUT2D eigenvalue weighted by atomic mass is 10.0. The summed E-state index contributed by atoms with van der Waals surface area (Å²) < 4.78 is 0. The molecule has 6 nitrogen and oxygen atoms in total. The zero-order valence-electron chi connectivity index (χ0n) is 11.3. The molecule has 106 valence electrons. The van der Waals surface area contributed by atoms with E-state index in [1.807, 2.05) is 0 Å². The minimum absolute atomic E-state index is 0.0519. The van der Waals surface area contributed by atoms with Gasteiger partial charge in [0, 0.05) is 20.0 Å². The van der Waals surface area contributed by atoms with Crippen LogP contribution < -0.4 is 5.32 Å².